The molecule has 0 bridgehead atoms. The molecule has 2 unspecified atom stereocenters. The fourth-order valence-corrected chi connectivity index (χ4v) is 2.03. The molecule has 0 saturated carbocycles. The SMILES string of the molecule is COCC(C)(C#N)NC(=O)CC(C)c1ccc(F)cc1F. The second-order valence-corrected chi connectivity index (χ2v) is 5.20. The van der Waals surface area contributed by atoms with E-state index in [1.165, 1.54) is 20.1 Å². The molecule has 114 valence electrons. The maximum atomic E-state index is 13.6. The van der Waals surface area contributed by atoms with Crippen LogP contribution in [0, 0.1) is 23.0 Å². The zero-order valence-corrected chi connectivity index (χ0v) is 12.2. The van der Waals surface area contributed by atoms with Crippen molar-refractivity contribution in [2.75, 3.05) is 13.7 Å². The molecule has 1 rings (SSSR count). The Morgan fingerprint density at radius 3 is 2.71 bits per heavy atom. The van der Waals surface area contributed by atoms with Crippen LogP contribution in [0.5, 0.6) is 0 Å². The average Bonchev–Trinajstić information content (AvgIpc) is 2.38. The number of hydrogen-bond donors (Lipinski definition) is 1. The van der Waals surface area contributed by atoms with Gasteiger partial charge in [-0.15, -0.1) is 0 Å². The van der Waals surface area contributed by atoms with E-state index in [0.717, 1.165) is 12.1 Å². The van der Waals surface area contributed by atoms with Gasteiger partial charge in [-0.2, -0.15) is 5.26 Å². The summed E-state index contributed by atoms with van der Waals surface area (Å²) in [5.41, 5.74) is -0.871. The smallest absolute Gasteiger partial charge is 0.221 e. The van der Waals surface area contributed by atoms with Gasteiger partial charge in [0.15, 0.2) is 0 Å². The zero-order valence-electron chi connectivity index (χ0n) is 12.2. The largest absolute Gasteiger partial charge is 0.381 e. The molecule has 0 aliphatic rings. The summed E-state index contributed by atoms with van der Waals surface area (Å²) in [4.78, 5) is 11.9. The van der Waals surface area contributed by atoms with Gasteiger partial charge >= 0.3 is 0 Å². The van der Waals surface area contributed by atoms with Crippen LogP contribution in [0.4, 0.5) is 8.78 Å². The molecule has 0 radical (unpaired) electrons. The van der Waals surface area contributed by atoms with Crippen LogP contribution in [0.1, 0.15) is 31.7 Å². The quantitative estimate of drug-likeness (QED) is 0.877. The van der Waals surface area contributed by atoms with Crippen molar-refractivity contribution >= 4 is 5.91 Å². The molecule has 1 N–H and O–H groups in total. The van der Waals surface area contributed by atoms with Gasteiger partial charge in [0.05, 0.1) is 12.7 Å². The monoisotopic (exact) mass is 296 g/mol. The van der Waals surface area contributed by atoms with Crippen molar-refractivity contribution in [3.05, 3.63) is 35.4 Å². The fraction of sp³-hybridized carbons (Fsp3) is 0.467. The zero-order chi connectivity index (χ0) is 16.0. The number of benzene rings is 1. The molecule has 0 spiro atoms. The van der Waals surface area contributed by atoms with E-state index in [-0.39, 0.29) is 18.6 Å². The van der Waals surface area contributed by atoms with Crippen molar-refractivity contribution in [2.45, 2.75) is 31.7 Å². The van der Waals surface area contributed by atoms with E-state index in [0.29, 0.717) is 0 Å². The van der Waals surface area contributed by atoms with E-state index < -0.39 is 29.0 Å². The Hall–Kier alpha value is -2.00. The van der Waals surface area contributed by atoms with Crippen molar-refractivity contribution < 1.29 is 18.3 Å². The molecule has 0 aliphatic carbocycles. The van der Waals surface area contributed by atoms with Crippen LogP contribution in [-0.2, 0) is 9.53 Å². The summed E-state index contributed by atoms with van der Waals surface area (Å²) in [5, 5.41) is 11.6. The van der Waals surface area contributed by atoms with Crippen molar-refractivity contribution in [1.29, 1.82) is 5.26 Å². The van der Waals surface area contributed by atoms with Gasteiger partial charge in [0.1, 0.15) is 17.2 Å². The summed E-state index contributed by atoms with van der Waals surface area (Å²) in [7, 11) is 1.43. The van der Waals surface area contributed by atoms with Gasteiger partial charge in [-0.25, -0.2) is 8.78 Å². The molecule has 1 aromatic carbocycles. The first-order chi connectivity index (χ1) is 9.81. The van der Waals surface area contributed by atoms with E-state index in [1.807, 2.05) is 6.07 Å². The van der Waals surface area contributed by atoms with Crippen LogP contribution in [0.25, 0.3) is 0 Å². The number of methoxy groups -OCH3 is 1. The van der Waals surface area contributed by atoms with Gasteiger partial charge in [-0.05, 0) is 24.5 Å². The molecule has 0 aliphatic heterocycles. The van der Waals surface area contributed by atoms with Crippen LogP contribution >= 0.6 is 0 Å². The predicted octanol–water partition coefficient (Wildman–Crippen LogP) is 2.50. The van der Waals surface area contributed by atoms with E-state index in [4.69, 9.17) is 10.00 Å². The van der Waals surface area contributed by atoms with Crippen molar-refractivity contribution in [1.82, 2.24) is 5.32 Å². The normalized spacial score (nSPS) is 14.9. The lowest BCUT2D eigenvalue weighted by molar-refractivity contribution is -0.123. The van der Waals surface area contributed by atoms with Crippen LogP contribution in [-0.4, -0.2) is 25.2 Å². The first-order valence-electron chi connectivity index (χ1n) is 6.47. The fourth-order valence-electron chi connectivity index (χ4n) is 2.03. The Bertz CT molecular complexity index is 557. The lowest BCUT2D eigenvalue weighted by atomic mass is 9.96. The molecule has 0 aromatic heterocycles. The Morgan fingerprint density at radius 2 is 2.19 bits per heavy atom. The van der Waals surface area contributed by atoms with Gasteiger partial charge in [0, 0.05) is 19.6 Å². The number of ether oxygens (including phenoxy) is 1. The Balaban J connectivity index is 2.72. The summed E-state index contributed by atoms with van der Waals surface area (Å²) in [6, 6.07) is 5.22. The molecule has 6 heteroatoms. The van der Waals surface area contributed by atoms with E-state index in [2.05, 4.69) is 5.32 Å². The molecule has 1 amide bonds. The second kappa shape index (κ2) is 7.14. The Kier molecular flexibility index (Phi) is 5.79. The van der Waals surface area contributed by atoms with Crippen LogP contribution < -0.4 is 5.32 Å². The van der Waals surface area contributed by atoms with Crippen molar-refractivity contribution in [2.24, 2.45) is 0 Å². The highest BCUT2D eigenvalue weighted by atomic mass is 19.1. The Morgan fingerprint density at radius 1 is 1.52 bits per heavy atom. The number of carbonyl (C=O) groups excluding carboxylic acids is 1. The number of nitriles is 1. The van der Waals surface area contributed by atoms with Crippen molar-refractivity contribution in [3.63, 3.8) is 0 Å². The van der Waals surface area contributed by atoms with E-state index in [1.54, 1.807) is 6.92 Å². The minimum absolute atomic E-state index is 0.0104. The highest BCUT2D eigenvalue weighted by molar-refractivity contribution is 5.78. The van der Waals surface area contributed by atoms with Crippen LogP contribution in [0.2, 0.25) is 0 Å². The molecule has 0 heterocycles. The minimum Gasteiger partial charge on any atom is -0.381 e. The molecular formula is C15H18F2N2O2. The average molecular weight is 296 g/mol. The van der Waals surface area contributed by atoms with Gasteiger partial charge in [-0.3, -0.25) is 4.79 Å². The lowest BCUT2D eigenvalue weighted by Crippen LogP contribution is -2.48. The van der Waals surface area contributed by atoms with Crippen LogP contribution in [0.15, 0.2) is 18.2 Å². The highest BCUT2D eigenvalue weighted by Gasteiger charge is 2.27. The summed E-state index contributed by atoms with van der Waals surface area (Å²) in [6.07, 6.45) is -0.0104. The number of nitrogens with one attached hydrogen (secondary N) is 1. The molecule has 0 saturated heterocycles. The number of carbonyl (C=O) groups is 1. The summed E-state index contributed by atoms with van der Waals surface area (Å²) in [5.74, 6) is -2.18. The maximum Gasteiger partial charge on any atom is 0.221 e. The van der Waals surface area contributed by atoms with Gasteiger partial charge in [0.2, 0.25) is 5.91 Å². The summed E-state index contributed by atoms with van der Waals surface area (Å²) in [6.45, 7) is 3.25. The minimum atomic E-state index is -1.13. The van der Waals surface area contributed by atoms with Crippen molar-refractivity contribution in [3.8, 4) is 6.07 Å². The molecule has 4 nitrogen and oxygen atoms in total. The van der Waals surface area contributed by atoms with Gasteiger partial charge in [-0.1, -0.05) is 13.0 Å². The third-order valence-corrected chi connectivity index (χ3v) is 3.08. The predicted molar refractivity (Wildman–Crippen MR) is 73.4 cm³/mol. The van der Waals surface area contributed by atoms with E-state index >= 15 is 0 Å². The molecular weight excluding hydrogens is 278 g/mol. The summed E-state index contributed by atoms with van der Waals surface area (Å²) < 4.78 is 31.4. The summed E-state index contributed by atoms with van der Waals surface area (Å²) >= 11 is 0. The third-order valence-electron chi connectivity index (χ3n) is 3.08. The van der Waals surface area contributed by atoms with Gasteiger partial charge in [0.25, 0.3) is 0 Å². The van der Waals surface area contributed by atoms with E-state index in [9.17, 15) is 13.6 Å². The molecule has 0 fully saturated rings. The highest BCUT2D eigenvalue weighted by Crippen LogP contribution is 2.23. The third kappa shape index (κ3) is 4.80. The second-order valence-electron chi connectivity index (χ2n) is 5.20. The number of halogens is 2. The lowest BCUT2D eigenvalue weighted by Gasteiger charge is -2.23. The number of amides is 1. The number of hydrogen-bond acceptors (Lipinski definition) is 3. The Labute approximate surface area is 122 Å². The standard InChI is InChI=1S/C15H18F2N2O2/c1-10(12-5-4-11(16)7-13(12)17)6-14(20)19-15(2,8-18)9-21-3/h4-5,7,10H,6,9H2,1-3H3,(H,19,20). The molecule has 1 aromatic rings. The molecule has 2 atom stereocenters. The maximum absolute atomic E-state index is 13.6. The van der Waals surface area contributed by atoms with Crippen LogP contribution in [0.3, 0.4) is 0 Å². The topological polar surface area (TPSA) is 62.1 Å². The van der Waals surface area contributed by atoms with Gasteiger partial charge < -0.3 is 10.1 Å². The number of rotatable bonds is 6. The molecule has 21 heavy (non-hydrogen) atoms. The first kappa shape index (κ1) is 17.1. The first-order valence-corrected chi connectivity index (χ1v) is 6.47. The number of nitrogens with zero attached hydrogens (tertiary/aromatic N) is 1.